The van der Waals surface area contributed by atoms with Crippen LogP contribution < -0.4 is 5.32 Å². The van der Waals surface area contributed by atoms with Gasteiger partial charge < -0.3 is 5.32 Å². The van der Waals surface area contributed by atoms with E-state index in [0.717, 1.165) is 33.2 Å². The number of rotatable bonds is 2. The number of nitrogens with zero attached hydrogens (tertiary/aromatic N) is 2. The standard InChI is InChI=1S/C17H14N4/c1-11-2-5-13(6-3-11)20-15-8-9-18-14-7-4-12-10-19-21-17(12)16(14)15/h2-10H,1H3,(H,18,20)(H,19,21). The topological polar surface area (TPSA) is 53.6 Å². The summed E-state index contributed by atoms with van der Waals surface area (Å²) in [6.07, 6.45) is 3.65. The molecule has 0 fully saturated rings. The molecule has 0 amide bonds. The second-order valence-corrected chi connectivity index (χ2v) is 5.14. The first-order chi connectivity index (χ1) is 10.3. The largest absolute Gasteiger partial charge is 0.355 e. The summed E-state index contributed by atoms with van der Waals surface area (Å²) in [6, 6.07) is 14.4. The highest BCUT2D eigenvalue weighted by Crippen LogP contribution is 2.30. The molecule has 0 bridgehead atoms. The number of aromatic nitrogens is 3. The fourth-order valence-electron chi connectivity index (χ4n) is 2.55. The lowest BCUT2D eigenvalue weighted by Crippen LogP contribution is -1.93. The lowest BCUT2D eigenvalue weighted by atomic mass is 10.1. The van der Waals surface area contributed by atoms with Crippen molar-refractivity contribution in [2.45, 2.75) is 6.92 Å². The highest BCUT2D eigenvalue weighted by molar-refractivity contribution is 6.10. The molecule has 0 atom stereocenters. The zero-order valence-electron chi connectivity index (χ0n) is 11.6. The molecule has 2 heterocycles. The molecule has 0 radical (unpaired) electrons. The third kappa shape index (κ3) is 2.01. The molecule has 4 nitrogen and oxygen atoms in total. The Morgan fingerprint density at radius 3 is 2.71 bits per heavy atom. The van der Waals surface area contributed by atoms with Gasteiger partial charge in [0.1, 0.15) is 0 Å². The third-order valence-electron chi connectivity index (χ3n) is 3.65. The summed E-state index contributed by atoms with van der Waals surface area (Å²) in [5, 5.41) is 12.8. The van der Waals surface area contributed by atoms with Gasteiger partial charge >= 0.3 is 0 Å². The van der Waals surface area contributed by atoms with Crippen LogP contribution >= 0.6 is 0 Å². The van der Waals surface area contributed by atoms with E-state index >= 15 is 0 Å². The fraction of sp³-hybridized carbons (Fsp3) is 0.0588. The number of benzene rings is 2. The molecular formula is C17H14N4. The van der Waals surface area contributed by atoms with Crippen molar-refractivity contribution in [2.24, 2.45) is 0 Å². The molecule has 0 saturated carbocycles. The SMILES string of the molecule is Cc1ccc(Nc2ccnc3ccc4cn[nH]c4c23)cc1. The Bertz CT molecular complexity index is 922. The zero-order valence-corrected chi connectivity index (χ0v) is 11.6. The maximum absolute atomic E-state index is 4.44. The van der Waals surface area contributed by atoms with E-state index in [9.17, 15) is 0 Å². The molecule has 102 valence electrons. The zero-order chi connectivity index (χ0) is 14.2. The number of aryl methyl sites for hydroxylation is 1. The molecule has 2 aromatic heterocycles. The van der Waals surface area contributed by atoms with Gasteiger partial charge in [-0.2, -0.15) is 5.10 Å². The van der Waals surface area contributed by atoms with Gasteiger partial charge in [-0.05, 0) is 37.3 Å². The highest BCUT2D eigenvalue weighted by Gasteiger charge is 2.08. The van der Waals surface area contributed by atoms with Crippen LogP contribution in [-0.2, 0) is 0 Å². The van der Waals surface area contributed by atoms with Crippen molar-refractivity contribution in [2.75, 3.05) is 5.32 Å². The van der Waals surface area contributed by atoms with Crippen molar-refractivity contribution in [3.63, 3.8) is 0 Å². The first-order valence-electron chi connectivity index (χ1n) is 6.86. The molecule has 4 rings (SSSR count). The van der Waals surface area contributed by atoms with Crippen LogP contribution in [0.25, 0.3) is 21.8 Å². The highest BCUT2D eigenvalue weighted by atomic mass is 15.1. The number of aromatic amines is 1. The van der Waals surface area contributed by atoms with Gasteiger partial charge in [-0.15, -0.1) is 0 Å². The third-order valence-corrected chi connectivity index (χ3v) is 3.65. The summed E-state index contributed by atoms with van der Waals surface area (Å²) >= 11 is 0. The smallest absolute Gasteiger partial charge is 0.0765 e. The van der Waals surface area contributed by atoms with E-state index < -0.39 is 0 Å². The van der Waals surface area contributed by atoms with Crippen LogP contribution in [0.2, 0.25) is 0 Å². The van der Waals surface area contributed by atoms with E-state index in [1.807, 2.05) is 30.6 Å². The molecule has 2 aromatic carbocycles. The molecule has 0 saturated heterocycles. The van der Waals surface area contributed by atoms with Gasteiger partial charge in [0.25, 0.3) is 0 Å². The van der Waals surface area contributed by atoms with Crippen LogP contribution in [0.4, 0.5) is 11.4 Å². The number of hydrogen-bond donors (Lipinski definition) is 2. The molecule has 0 aliphatic heterocycles. The van der Waals surface area contributed by atoms with E-state index in [1.165, 1.54) is 5.56 Å². The molecule has 0 aliphatic rings. The van der Waals surface area contributed by atoms with Gasteiger partial charge in [0.05, 0.1) is 22.9 Å². The van der Waals surface area contributed by atoms with Gasteiger partial charge in [0.15, 0.2) is 0 Å². The van der Waals surface area contributed by atoms with Crippen molar-refractivity contribution in [1.82, 2.24) is 15.2 Å². The van der Waals surface area contributed by atoms with Gasteiger partial charge in [0, 0.05) is 22.7 Å². The van der Waals surface area contributed by atoms with Crippen LogP contribution in [0, 0.1) is 6.92 Å². The minimum atomic E-state index is 0.948. The predicted molar refractivity (Wildman–Crippen MR) is 85.9 cm³/mol. The maximum Gasteiger partial charge on any atom is 0.0765 e. The Morgan fingerprint density at radius 2 is 1.86 bits per heavy atom. The van der Waals surface area contributed by atoms with Crippen molar-refractivity contribution >= 4 is 33.2 Å². The van der Waals surface area contributed by atoms with E-state index in [0.29, 0.717) is 0 Å². The van der Waals surface area contributed by atoms with Crippen molar-refractivity contribution in [3.05, 3.63) is 60.4 Å². The van der Waals surface area contributed by atoms with E-state index in [2.05, 4.69) is 51.7 Å². The number of anilines is 2. The lowest BCUT2D eigenvalue weighted by Gasteiger charge is -2.10. The monoisotopic (exact) mass is 274 g/mol. The minimum Gasteiger partial charge on any atom is -0.355 e. The summed E-state index contributed by atoms with van der Waals surface area (Å²) in [4.78, 5) is 4.44. The van der Waals surface area contributed by atoms with Crippen molar-refractivity contribution in [1.29, 1.82) is 0 Å². The molecule has 0 aliphatic carbocycles. The molecule has 21 heavy (non-hydrogen) atoms. The number of pyridine rings is 1. The Labute approximate surface area is 121 Å². The quantitative estimate of drug-likeness (QED) is 0.577. The van der Waals surface area contributed by atoms with Gasteiger partial charge in [0.2, 0.25) is 0 Å². The molecule has 4 aromatic rings. The van der Waals surface area contributed by atoms with Gasteiger partial charge in [-0.25, -0.2) is 0 Å². The number of nitrogens with one attached hydrogen (secondary N) is 2. The maximum atomic E-state index is 4.44. The predicted octanol–water partition coefficient (Wildman–Crippen LogP) is 4.16. The summed E-state index contributed by atoms with van der Waals surface area (Å²) in [7, 11) is 0. The second kappa shape index (κ2) is 4.59. The number of H-pyrrole nitrogens is 1. The minimum absolute atomic E-state index is 0.948. The molecule has 0 spiro atoms. The second-order valence-electron chi connectivity index (χ2n) is 5.14. The van der Waals surface area contributed by atoms with Crippen LogP contribution in [0.3, 0.4) is 0 Å². The molecular weight excluding hydrogens is 260 g/mol. The van der Waals surface area contributed by atoms with Crippen LogP contribution in [0.5, 0.6) is 0 Å². The van der Waals surface area contributed by atoms with Gasteiger partial charge in [-0.1, -0.05) is 17.7 Å². The van der Waals surface area contributed by atoms with Crippen LogP contribution in [-0.4, -0.2) is 15.2 Å². The molecule has 0 unspecified atom stereocenters. The summed E-state index contributed by atoms with van der Waals surface area (Å²) in [5.74, 6) is 0. The Morgan fingerprint density at radius 1 is 1.00 bits per heavy atom. The average molecular weight is 274 g/mol. The number of fused-ring (bicyclic) bond motifs is 3. The van der Waals surface area contributed by atoms with E-state index in [-0.39, 0.29) is 0 Å². The molecule has 2 N–H and O–H groups in total. The van der Waals surface area contributed by atoms with Crippen LogP contribution in [0.1, 0.15) is 5.56 Å². The molecule has 4 heteroatoms. The van der Waals surface area contributed by atoms with E-state index in [4.69, 9.17) is 0 Å². The normalized spacial score (nSPS) is 11.1. The average Bonchev–Trinajstić information content (AvgIpc) is 2.98. The van der Waals surface area contributed by atoms with Gasteiger partial charge in [-0.3, -0.25) is 10.1 Å². The van der Waals surface area contributed by atoms with Crippen molar-refractivity contribution in [3.8, 4) is 0 Å². The first kappa shape index (κ1) is 11.9. The summed E-state index contributed by atoms with van der Waals surface area (Å²) in [5.41, 5.74) is 5.29. The Balaban J connectivity index is 1.91. The Kier molecular flexibility index (Phi) is 2.60. The Hall–Kier alpha value is -2.88. The van der Waals surface area contributed by atoms with Crippen molar-refractivity contribution < 1.29 is 0 Å². The summed E-state index contributed by atoms with van der Waals surface area (Å²) in [6.45, 7) is 2.08. The summed E-state index contributed by atoms with van der Waals surface area (Å²) < 4.78 is 0. The lowest BCUT2D eigenvalue weighted by molar-refractivity contribution is 1.12. The van der Waals surface area contributed by atoms with E-state index in [1.54, 1.807) is 0 Å². The fourth-order valence-corrected chi connectivity index (χ4v) is 2.55. The number of hydrogen-bond acceptors (Lipinski definition) is 3. The first-order valence-corrected chi connectivity index (χ1v) is 6.86. The van der Waals surface area contributed by atoms with Crippen LogP contribution in [0.15, 0.2) is 54.9 Å².